The van der Waals surface area contributed by atoms with E-state index < -0.39 is 0 Å². The molecule has 5 heteroatoms. The summed E-state index contributed by atoms with van der Waals surface area (Å²) in [5.74, 6) is 0.311. The standard InChI is InChI=1S/C15H30N4O/c1-17(2)15(6-4-7-15)13-18(3)10-5-14(20)19-11-8-16-9-12-19/h16H,4-13H2,1-3H3. The monoisotopic (exact) mass is 282 g/mol. The average molecular weight is 282 g/mol. The van der Waals surface area contributed by atoms with E-state index >= 15 is 0 Å². The van der Waals surface area contributed by atoms with Crippen LogP contribution in [0.2, 0.25) is 0 Å². The summed E-state index contributed by atoms with van der Waals surface area (Å²) in [4.78, 5) is 18.8. The van der Waals surface area contributed by atoms with Gasteiger partial charge in [-0.2, -0.15) is 0 Å². The molecule has 1 N–H and O–H groups in total. The lowest BCUT2D eigenvalue weighted by molar-refractivity contribution is -0.132. The molecule has 0 aromatic heterocycles. The van der Waals surface area contributed by atoms with Crippen LogP contribution in [-0.2, 0) is 4.79 Å². The maximum atomic E-state index is 12.1. The lowest BCUT2D eigenvalue weighted by Crippen LogP contribution is -2.57. The smallest absolute Gasteiger partial charge is 0.223 e. The zero-order valence-corrected chi connectivity index (χ0v) is 13.3. The molecule has 5 nitrogen and oxygen atoms in total. The lowest BCUT2D eigenvalue weighted by atomic mass is 9.75. The van der Waals surface area contributed by atoms with Gasteiger partial charge in [-0.15, -0.1) is 0 Å². The summed E-state index contributed by atoms with van der Waals surface area (Å²) >= 11 is 0. The number of nitrogens with one attached hydrogen (secondary N) is 1. The summed E-state index contributed by atoms with van der Waals surface area (Å²) in [5, 5.41) is 3.28. The van der Waals surface area contributed by atoms with Crippen LogP contribution in [0.15, 0.2) is 0 Å². The molecule has 1 aliphatic heterocycles. The molecular formula is C15H30N4O. The van der Waals surface area contributed by atoms with E-state index in [0.29, 0.717) is 17.9 Å². The van der Waals surface area contributed by atoms with Gasteiger partial charge < -0.3 is 20.0 Å². The normalized spacial score (nSPS) is 22.1. The highest BCUT2D eigenvalue weighted by Crippen LogP contribution is 2.36. The zero-order valence-electron chi connectivity index (χ0n) is 13.3. The Hall–Kier alpha value is -0.650. The molecule has 20 heavy (non-hydrogen) atoms. The summed E-state index contributed by atoms with van der Waals surface area (Å²) in [7, 11) is 6.51. The molecule has 2 aliphatic rings. The fourth-order valence-electron chi connectivity index (χ4n) is 3.27. The summed E-state index contributed by atoms with van der Waals surface area (Å²) in [6.07, 6.45) is 4.57. The third kappa shape index (κ3) is 3.71. The van der Waals surface area contributed by atoms with Crippen molar-refractivity contribution in [2.24, 2.45) is 0 Å². The molecule has 0 aromatic carbocycles. The van der Waals surface area contributed by atoms with Gasteiger partial charge >= 0.3 is 0 Å². The number of likely N-dealkylation sites (N-methyl/N-ethyl adjacent to an activating group) is 2. The molecule has 116 valence electrons. The first-order valence-electron chi connectivity index (χ1n) is 7.88. The Morgan fingerprint density at radius 2 is 1.85 bits per heavy atom. The Bertz CT molecular complexity index is 322. The number of amides is 1. The molecule has 0 aromatic rings. The van der Waals surface area contributed by atoms with E-state index in [2.05, 4.69) is 36.3 Å². The largest absolute Gasteiger partial charge is 0.340 e. The molecular weight excluding hydrogens is 252 g/mol. The number of rotatable bonds is 6. The summed E-state index contributed by atoms with van der Waals surface area (Å²) in [5.41, 5.74) is 0.354. The Balaban J connectivity index is 1.71. The Morgan fingerprint density at radius 1 is 1.20 bits per heavy atom. The molecule has 0 radical (unpaired) electrons. The van der Waals surface area contributed by atoms with E-state index in [1.54, 1.807) is 0 Å². The number of carbonyl (C=O) groups is 1. The van der Waals surface area contributed by atoms with Crippen LogP contribution in [-0.4, -0.2) is 86.6 Å². The molecule has 2 rings (SSSR count). The van der Waals surface area contributed by atoms with Crippen LogP contribution in [0.25, 0.3) is 0 Å². The van der Waals surface area contributed by atoms with E-state index in [-0.39, 0.29) is 0 Å². The second kappa shape index (κ2) is 6.87. The van der Waals surface area contributed by atoms with Gasteiger partial charge in [-0.3, -0.25) is 4.79 Å². The highest BCUT2D eigenvalue weighted by molar-refractivity contribution is 5.76. The van der Waals surface area contributed by atoms with Crippen LogP contribution in [0.4, 0.5) is 0 Å². The van der Waals surface area contributed by atoms with Crippen molar-refractivity contribution >= 4 is 5.91 Å². The Kier molecular flexibility index (Phi) is 5.41. The highest BCUT2D eigenvalue weighted by Gasteiger charge is 2.39. The van der Waals surface area contributed by atoms with Crippen LogP contribution in [0.5, 0.6) is 0 Å². The molecule has 1 saturated heterocycles. The molecule has 0 spiro atoms. The van der Waals surface area contributed by atoms with Gasteiger partial charge in [-0.05, 0) is 40.4 Å². The van der Waals surface area contributed by atoms with E-state index in [4.69, 9.17) is 0 Å². The van der Waals surface area contributed by atoms with Crippen molar-refractivity contribution in [2.75, 3.05) is 60.4 Å². The summed E-state index contributed by atoms with van der Waals surface area (Å²) in [6.45, 7) is 5.55. The number of hydrogen-bond donors (Lipinski definition) is 1. The van der Waals surface area contributed by atoms with Crippen LogP contribution >= 0.6 is 0 Å². The number of carbonyl (C=O) groups excluding carboxylic acids is 1. The summed E-state index contributed by atoms with van der Waals surface area (Å²) < 4.78 is 0. The first-order chi connectivity index (χ1) is 9.53. The first kappa shape index (κ1) is 15.7. The van der Waals surface area contributed by atoms with Crippen molar-refractivity contribution in [2.45, 2.75) is 31.2 Å². The van der Waals surface area contributed by atoms with Gasteiger partial charge in [-0.25, -0.2) is 0 Å². The van der Waals surface area contributed by atoms with E-state index in [1.807, 2.05) is 4.90 Å². The van der Waals surface area contributed by atoms with Crippen molar-refractivity contribution in [1.29, 1.82) is 0 Å². The van der Waals surface area contributed by atoms with Gasteiger partial charge in [0.15, 0.2) is 0 Å². The molecule has 0 bridgehead atoms. The minimum Gasteiger partial charge on any atom is -0.340 e. The van der Waals surface area contributed by atoms with Gasteiger partial charge in [-0.1, -0.05) is 0 Å². The third-order valence-corrected chi connectivity index (χ3v) is 4.97. The fourth-order valence-corrected chi connectivity index (χ4v) is 3.27. The number of nitrogens with zero attached hydrogens (tertiary/aromatic N) is 3. The molecule has 0 atom stereocenters. The SMILES string of the molecule is CN(CCC(=O)N1CCNCC1)CC1(N(C)C)CCC1. The lowest BCUT2D eigenvalue weighted by Gasteiger charge is -2.49. The zero-order chi connectivity index (χ0) is 14.6. The molecule has 1 amide bonds. The van der Waals surface area contributed by atoms with Crippen molar-refractivity contribution in [1.82, 2.24) is 20.0 Å². The van der Waals surface area contributed by atoms with Gasteiger partial charge in [0.2, 0.25) is 5.91 Å². The highest BCUT2D eigenvalue weighted by atomic mass is 16.2. The van der Waals surface area contributed by atoms with Gasteiger partial charge in [0.25, 0.3) is 0 Å². The first-order valence-corrected chi connectivity index (χ1v) is 7.88. The van der Waals surface area contributed by atoms with Crippen LogP contribution in [0.3, 0.4) is 0 Å². The minimum atomic E-state index is 0.311. The molecule has 1 saturated carbocycles. The number of hydrogen-bond acceptors (Lipinski definition) is 4. The molecule has 1 aliphatic carbocycles. The topological polar surface area (TPSA) is 38.8 Å². The quantitative estimate of drug-likeness (QED) is 0.757. The van der Waals surface area contributed by atoms with Crippen LogP contribution < -0.4 is 5.32 Å². The molecule has 1 heterocycles. The maximum Gasteiger partial charge on any atom is 0.223 e. The number of piperazine rings is 1. The van der Waals surface area contributed by atoms with E-state index in [0.717, 1.165) is 39.3 Å². The van der Waals surface area contributed by atoms with Crippen molar-refractivity contribution in [3.05, 3.63) is 0 Å². The Labute approximate surface area is 123 Å². The van der Waals surface area contributed by atoms with Crippen molar-refractivity contribution in [3.8, 4) is 0 Å². The predicted octanol–water partition coefficient (Wildman–Crippen LogP) is 0.224. The second-order valence-electron chi connectivity index (χ2n) is 6.59. The second-order valence-corrected chi connectivity index (χ2v) is 6.59. The van der Waals surface area contributed by atoms with Gasteiger partial charge in [0.1, 0.15) is 0 Å². The predicted molar refractivity (Wildman–Crippen MR) is 81.8 cm³/mol. The summed E-state index contributed by atoms with van der Waals surface area (Å²) in [6, 6.07) is 0. The maximum absolute atomic E-state index is 12.1. The third-order valence-electron chi connectivity index (χ3n) is 4.97. The van der Waals surface area contributed by atoms with E-state index in [1.165, 1.54) is 19.3 Å². The van der Waals surface area contributed by atoms with Crippen molar-refractivity contribution in [3.63, 3.8) is 0 Å². The van der Waals surface area contributed by atoms with E-state index in [9.17, 15) is 4.79 Å². The van der Waals surface area contributed by atoms with Gasteiger partial charge in [0.05, 0.1) is 0 Å². The molecule has 2 fully saturated rings. The average Bonchev–Trinajstić information content (AvgIpc) is 2.40. The molecule has 0 unspecified atom stereocenters. The minimum absolute atomic E-state index is 0.311. The fraction of sp³-hybridized carbons (Fsp3) is 0.933. The van der Waals surface area contributed by atoms with Crippen molar-refractivity contribution < 1.29 is 4.79 Å². The van der Waals surface area contributed by atoms with Crippen LogP contribution in [0, 0.1) is 0 Å². The Morgan fingerprint density at radius 3 is 2.35 bits per heavy atom. The van der Waals surface area contributed by atoms with Crippen LogP contribution in [0.1, 0.15) is 25.7 Å². The van der Waals surface area contributed by atoms with Gasteiger partial charge in [0, 0.05) is 51.2 Å².